The molecule has 1 aromatic heterocycles. The Balaban J connectivity index is 1.66. The van der Waals surface area contributed by atoms with Crippen LogP contribution in [0.2, 0.25) is 0 Å². The molecule has 112 valence electrons. The first-order valence-corrected chi connectivity index (χ1v) is 7.54. The van der Waals surface area contributed by atoms with E-state index >= 15 is 0 Å². The van der Waals surface area contributed by atoms with E-state index < -0.39 is 5.97 Å². The van der Waals surface area contributed by atoms with Crippen LogP contribution in [0, 0.1) is 5.92 Å². The molecular formula is C16H20N2O3. The number of nitrogens with zero attached hydrogens (tertiary/aromatic N) is 1. The van der Waals surface area contributed by atoms with E-state index in [2.05, 4.69) is 10.3 Å². The predicted molar refractivity (Wildman–Crippen MR) is 80.4 cm³/mol. The molecule has 0 atom stereocenters. The van der Waals surface area contributed by atoms with Crippen LogP contribution in [-0.4, -0.2) is 22.1 Å². The van der Waals surface area contributed by atoms with Crippen molar-refractivity contribution in [1.29, 1.82) is 0 Å². The van der Waals surface area contributed by atoms with Crippen molar-refractivity contribution in [3.05, 3.63) is 24.1 Å². The van der Waals surface area contributed by atoms with Crippen molar-refractivity contribution < 1.29 is 14.3 Å². The Morgan fingerprint density at radius 3 is 2.81 bits per heavy atom. The molecule has 0 radical (unpaired) electrons. The molecule has 2 N–H and O–H groups in total. The Hall–Kier alpha value is -2.04. The van der Waals surface area contributed by atoms with E-state index in [4.69, 9.17) is 9.52 Å². The lowest BCUT2D eigenvalue weighted by Gasteiger charge is -2.27. The molecule has 0 unspecified atom stereocenters. The van der Waals surface area contributed by atoms with E-state index in [-0.39, 0.29) is 5.92 Å². The number of aryl methyl sites for hydroxylation is 1. The fourth-order valence-electron chi connectivity index (χ4n) is 2.94. The van der Waals surface area contributed by atoms with E-state index in [1.807, 2.05) is 25.1 Å². The molecule has 0 spiro atoms. The molecular weight excluding hydrogens is 268 g/mol. The first kappa shape index (κ1) is 13.9. The Morgan fingerprint density at radius 2 is 2.14 bits per heavy atom. The average molecular weight is 288 g/mol. The zero-order valence-electron chi connectivity index (χ0n) is 12.1. The van der Waals surface area contributed by atoms with E-state index in [0.717, 1.165) is 54.8 Å². The molecule has 3 rings (SSSR count). The number of nitrogens with one attached hydrogen (secondary N) is 1. The first-order valence-electron chi connectivity index (χ1n) is 7.54. The van der Waals surface area contributed by atoms with E-state index in [1.54, 1.807) is 0 Å². The van der Waals surface area contributed by atoms with Crippen LogP contribution in [0.25, 0.3) is 11.1 Å². The minimum absolute atomic E-state index is 0.173. The van der Waals surface area contributed by atoms with Crippen molar-refractivity contribution in [3.8, 4) is 0 Å². The molecule has 0 amide bonds. The number of fused-ring (bicyclic) bond motifs is 1. The minimum atomic E-state index is -0.662. The lowest BCUT2D eigenvalue weighted by atomic mass is 9.86. The van der Waals surface area contributed by atoms with Gasteiger partial charge in [0, 0.05) is 18.2 Å². The number of carboxylic acids is 1. The van der Waals surface area contributed by atoms with Crippen molar-refractivity contribution >= 4 is 22.8 Å². The molecule has 5 heteroatoms. The van der Waals surface area contributed by atoms with Gasteiger partial charge in [-0.15, -0.1) is 0 Å². The molecule has 1 saturated carbocycles. The highest BCUT2D eigenvalue weighted by molar-refractivity contribution is 5.77. The number of rotatable bonds is 4. The van der Waals surface area contributed by atoms with Crippen LogP contribution in [0.3, 0.4) is 0 Å². The molecule has 1 heterocycles. The summed E-state index contributed by atoms with van der Waals surface area (Å²) in [6.45, 7) is 2.02. The van der Waals surface area contributed by atoms with E-state index in [9.17, 15) is 4.79 Å². The highest BCUT2D eigenvalue weighted by Gasteiger charge is 2.25. The summed E-state index contributed by atoms with van der Waals surface area (Å²) >= 11 is 0. The zero-order chi connectivity index (χ0) is 14.8. The highest BCUT2D eigenvalue weighted by Crippen LogP contribution is 2.28. The summed E-state index contributed by atoms with van der Waals surface area (Å²) in [6, 6.07) is 6.28. The van der Waals surface area contributed by atoms with E-state index in [1.165, 1.54) is 0 Å². The Labute approximate surface area is 123 Å². The van der Waals surface area contributed by atoms with Crippen molar-refractivity contribution in [2.75, 3.05) is 5.32 Å². The third-order valence-electron chi connectivity index (χ3n) is 4.18. The van der Waals surface area contributed by atoms with Crippen LogP contribution < -0.4 is 5.32 Å². The van der Waals surface area contributed by atoms with Gasteiger partial charge in [0.25, 0.3) is 0 Å². The van der Waals surface area contributed by atoms with Gasteiger partial charge in [0.1, 0.15) is 5.52 Å². The largest absolute Gasteiger partial charge is 0.481 e. The fraction of sp³-hybridized carbons (Fsp3) is 0.500. The summed E-state index contributed by atoms with van der Waals surface area (Å²) in [4.78, 5) is 15.4. The average Bonchev–Trinajstić information content (AvgIpc) is 2.90. The highest BCUT2D eigenvalue weighted by atomic mass is 16.4. The van der Waals surface area contributed by atoms with Gasteiger partial charge in [0.05, 0.1) is 5.92 Å². The molecule has 1 aliphatic rings. The number of aliphatic carboxylic acids is 1. The van der Waals surface area contributed by atoms with Gasteiger partial charge in [-0.3, -0.25) is 4.79 Å². The summed E-state index contributed by atoms with van der Waals surface area (Å²) in [5.41, 5.74) is 2.71. The second-order valence-electron chi connectivity index (χ2n) is 5.67. The van der Waals surface area contributed by atoms with Gasteiger partial charge in [-0.25, -0.2) is 4.98 Å². The maximum Gasteiger partial charge on any atom is 0.306 e. The quantitative estimate of drug-likeness (QED) is 0.901. The maximum absolute atomic E-state index is 11.0. The molecule has 1 aliphatic carbocycles. The van der Waals surface area contributed by atoms with Crippen LogP contribution in [-0.2, 0) is 11.2 Å². The molecule has 21 heavy (non-hydrogen) atoms. The van der Waals surface area contributed by atoms with Crippen molar-refractivity contribution in [2.24, 2.45) is 5.92 Å². The van der Waals surface area contributed by atoms with Crippen molar-refractivity contribution in [2.45, 2.75) is 45.1 Å². The SMILES string of the molecule is CCc1nc2cc(NC3CCC(C(=O)O)CC3)ccc2o1. The molecule has 2 aromatic rings. The summed E-state index contributed by atoms with van der Waals surface area (Å²) in [7, 11) is 0. The van der Waals surface area contributed by atoms with Crippen LogP contribution in [0.5, 0.6) is 0 Å². The monoisotopic (exact) mass is 288 g/mol. The Morgan fingerprint density at radius 1 is 1.38 bits per heavy atom. The standard InChI is InChI=1S/C16H20N2O3/c1-2-15-18-13-9-12(7-8-14(13)21-15)17-11-5-3-10(4-6-11)16(19)20/h7-11,17H,2-6H2,1H3,(H,19,20). The predicted octanol–water partition coefficient (Wildman–Crippen LogP) is 3.45. The lowest BCUT2D eigenvalue weighted by Crippen LogP contribution is -2.29. The summed E-state index contributed by atoms with van der Waals surface area (Å²) in [5, 5.41) is 12.5. The van der Waals surface area contributed by atoms with Crippen molar-refractivity contribution in [1.82, 2.24) is 4.98 Å². The number of carboxylic acid groups (broad SMARTS) is 1. The first-order chi connectivity index (χ1) is 10.2. The maximum atomic E-state index is 11.0. The number of anilines is 1. The van der Waals surface area contributed by atoms with Gasteiger partial charge in [-0.1, -0.05) is 6.92 Å². The third-order valence-corrected chi connectivity index (χ3v) is 4.18. The number of oxazole rings is 1. The lowest BCUT2D eigenvalue weighted by molar-refractivity contribution is -0.142. The van der Waals surface area contributed by atoms with Gasteiger partial charge >= 0.3 is 5.97 Å². The smallest absolute Gasteiger partial charge is 0.306 e. The van der Waals surface area contributed by atoms with Crippen molar-refractivity contribution in [3.63, 3.8) is 0 Å². The molecule has 0 saturated heterocycles. The van der Waals surface area contributed by atoms with Crippen LogP contribution in [0.4, 0.5) is 5.69 Å². The fourth-order valence-corrected chi connectivity index (χ4v) is 2.94. The molecule has 0 aliphatic heterocycles. The van der Waals surface area contributed by atoms with Crippen LogP contribution >= 0.6 is 0 Å². The topological polar surface area (TPSA) is 75.4 Å². The molecule has 1 fully saturated rings. The summed E-state index contributed by atoms with van der Waals surface area (Å²) in [5.74, 6) is -0.0816. The molecule has 1 aromatic carbocycles. The van der Waals surface area contributed by atoms with Crippen LogP contribution in [0.1, 0.15) is 38.5 Å². The van der Waals surface area contributed by atoms with Gasteiger partial charge in [0.15, 0.2) is 11.5 Å². The zero-order valence-corrected chi connectivity index (χ0v) is 12.1. The van der Waals surface area contributed by atoms with Crippen LogP contribution in [0.15, 0.2) is 22.6 Å². The van der Waals surface area contributed by atoms with Gasteiger partial charge in [-0.2, -0.15) is 0 Å². The number of hydrogen-bond donors (Lipinski definition) is 2. The van der Waals surface area contributed by atoms with Gasteiger partial charge in [0.2, 0.25) is 0 Å². The third kappa shape index (κ3) is 3.01. The molecule has 0 bridgehead atoms. The Kier molecular flexibility index (Phi) is 3.82. The number of hydrogen-bond acceptors (Lipinski definition) is 4. The number of benzene rings is 1. The number of aromatic nitrogens is 1. The molecule has 5 nitrogen and oxygen atoms in total. The second-order valence-corrected chi connectivity index (χ2v) is 5.67. The van der Waals surface area contributed by atoms with E-state index in [0.29, 0.717) is 6.04 Å². The second kappa shape index (κ2) is 5.76. The Bertz CT molecular complexity index is 642. The minimum Gasteiger partial charge on any atom is -0.481 e. The number of carbonyl (C=O) groups is 1. The summed E-state index contributed by atoms with van der Waals surface area (Å²) in [6.07, 6.45) is 4.08. The summed E-state index contributed by atoms with van der Waals surface area (Å²) < 4.78 is 5.60. The normalized spacial score (nSPS) is 22.3. The van der Waals surface area contributed by atoms with Gasteiger partial charge in [-0.05, 0) is 43.9 Å². The van der Waals surface area contributed by atoms with Gasteiger partial charge < -0.3 is 14.8 Å².